The molecule has 0 unspecified atom stereocenters. The molecule has 1 aliphatic heterocycles. The van der Waals surface area contributed by atoms with Gasteiger partial charge in [-0.15, -0.1) is 0 Å². The SMILES string of the molecule is CCCCCCCCCCCCCOP1OSSSO1. The van der Waals surface area contributed by atoms with Gasteiger partial charge >= 0.3 is 8.60 Å². The number of rotatable bonds is 13. The highest BCUT2D eigenvalue weighted by molar-refractivity contribution is 9.08. The highest BCUT2D eigenvalue weighted by atomic mass is 33.5. The second kappa shape index (κ2) is 15.3. The van der Waals surface area contributed by atoms with E-state index in [9.17, 15) is 0 Å². The predicted molar refractivity (Wildman–Crippen MR) is 94.3 cm³/mol. The highest BCUT2D eigenvalue weighted by Gasteiger charge is 2.19. The maximum Gasteiger partial charge on any atom is 0.358 e. The number of hydrogen-bond donors (Lipinski definition) is 0. The Morgan fingerprint density at radius 1 is 0.750 bits per heavy atom. The molecule has 1 aliphatic rings. The van der Waals surface area contributed by atoms with E-state index in [2.05, 4.69) is 6.92 Å². The van der Waals surface area contributed by atoms with E-state index in [1.54, 1.807) is 0 Å². The lowest BCUT2D eigenvalue weighted by atomic mass is 10.1. The number of unbranched alkanes of at least 4 members (excludes halogenated alkanes) is 10. The molecule has 120 valence electrons. The normalized spacial score (nSPS) is 16.6. The summed E-state index contributed by atoms with van der Waals surface area (Å²) in [5.41, 5.74) is 0. The van der Waals surface area contributed by atoms with Crippen molar-refractivity contribution < 1.29 is 12.5 Å². The van der Waals surface area contributed by atoms with Gasteiger partial charge in [0, 0.05) is 9.83 Å². The monoisotopic (exact) mass is 358 g/mol. The van der Waals surface area contributed by atoms with Crippen molar-refractivity contribution in [3.05, 3.63) is 0 Å². The third-order valence-electron chi connectivity index (χ3n) is 3.18. The average molecular weight is 359 g/mol. The lowest BCUT2D eigenvalue weighted by molar-refractivity contribution is 0.275. The lowest BCUT2D eigenvalue weighted by Gasteiger charge is -2.16. The Balaban J connectivity index is 1.70. The zero-order valence-electron chi connectivity index (χ0n) is 12.4. The minimum atomic E-state index is -1.10. The van der Waals surface area contributed by atoms with Crippen LogP contribution in [0, 0.1) is 0 Å². The zero-order chi connectivity index (χ0) is 14.3. The van der Waals surface area contributed by atoms with Crippen molar-refractivity contribution in [3.8, 4) is 0 Å². The fourth-order valence-corrected chi connectivity index (χ4v) is 6.57. The van der Waals surface area contributed by atoms with E-state index in [0.29, 0.717) is 0 Å². The molecule has 0 spiro atoms. The first-order valence-corrected chi connectivity index (χ1v) is 12.1. The molecule has 0 aromatic heterocycles. The van der Waals surface area contributed by atoms with Crippen molar-refractivity contribution in [3.63, 3.8) is 0 Å². The van der Waals surface area contributed by atoms with Crippen LogP contribution in [0.2, 0.25) is 0 Å². The maximum atomic E-state index is 5.53. The van der Waals surface area contributed by atoms with Crippen LogP contribution >= 0.6 is 40.6 Å². The van der Waals surface area contributed by atoms with Crippen LogP contribution in [0.5, 0.6) is 0 Å². The molecule has 0 atom stereocenters. The maximum absolute atomic E-state index is 5.53. The number of hydrogen-bond acceptors (Lipinski definition) is 6. The Kier molecular flexibility index (Phi) is 14.8. The largest absolute Gasteiger partial charge is 0.358 e. The fraction of sp³-hybridized carbons (Fsp3) is 1.00. The van der Waals surface area contributed by atoms with Crippen molar-refractivity contribution in [2.45, 2.75) is 77.6 Å². The van der Waals surface area contributed by atoms with Crippen LogP contribution in [0.4, 0.5) is 0 Å². The summed E-state index contributed by atoms with van der Waals surface area (Å²) >= 11 is 2.69. The summed E-state index contributed by atoms with van der Waals surface area (Å²) in [6.07, 6.45) is 14.9. The molecule has 0 amide bonds. The second-order valence-electron chi connectivity index (χ2n) is 4.95. The Morgan fingerprint density at radius 3 is 1.80 bits per heavy atom. The Labute approximate surface area is 137 Å². The topological polar surface area (TPSA) is 27.7 Å². The van der Waals surface area contributed by atoms with Crippen molar-refractivity contribution >= 4 is 40.6 Å². The molecular formula is C13H27O3PS3. The van der Waals surface area contributed by atoms with E-state index in [1.165, 1.54) is 96.2 Å². The van der Waals surface area contributed by atoms with Crippen molar-refractivity contribution in [1.29, 1.82) is 0 Å². The molecule has 0 aromatic carbocycles. The first-order chi connectivity index (χ1) is 9.93. The average Bonchev–Trinajstić information content (AvgIpc) is 2.49. The smallest absolute Gasteiger partial charge is 0.311 e. The van der Waals surface area contributed by atoms with Gasteiger partial charge < -0.3 is 4.52 Å². The van der Waals surface area contributed by atoms with Gasteiger partial charge in [0.2, 0.25) is 0 Å². The highest BCUT2D eigenvalue weighted by Crippen LogP contribution is 2.60. The fourth-order valence-electron chi connectivity index (χ4n) is 2.05. The van der Waals surface area contributed by atoms with Crippen LogP contribution in [-0.2, 0) is 12.5 Å². The molecule has 0 aromatic rings. The van der Waals surface area contributed by atoms with E-state index in [0.717, 1.165) is 13.0 Å². The molecule has 1 heterocycles. The van der Waals surface area contributed by atoms with Gasteiger partial charge in [-0.2, -0.15) is 0 Å². The molecule has 0 bridgehead atoms. The molecule has 20 heavy (non-hydrogen) atoms. The first kappa shape index (κ1) is 19.4. The van der Waals surface area contributed by atoms with E-state index in [-0.39, 0.29) is 0 Å². The van der Waals surface area contributed by atoms with Gasteiger partial charge in [-0.25, -0.2) is 7.94 Å². The molecule has 0 aliphatic carbocycles. The minimum absolute atomic E-state index is 0.758. The van der Waals surface area contributed by atoms with Crippen LogP contribution in [0.3, 0.4) is 0 Å². The van der Waals surface area contributed by atoms with Crippen molar-refractivity contribution in [2.75, 3.05) is 6.61 Å². The first-order valence-electron chi connectivity index (χ1n) is 7.71. The Bertz CT molecular complexity index is 207. The summed E-state index contributed by atoms with van der Waals surface area (Å²) in [6.45, 7) is 3.03. The zero-order valence-corrected chi connectivity index (χ0v) is 15.7. The van der Waals surface area contributed by atoms with Crippen LogP contribution in [0.25, 0.3) is 0 Å². The molecule has 0 saturated carbocycles. The van der Waals surface area contributed by atoms with Gasteiger partial charge in [-0.05, 0) is 6.42 Å². The van der Waals surface area contributed by atoms with Gasteiger partial charge in [-0.3, -0.25) is 0 Å². The third-order valence-corrected chi connectivity index (χ3v) is 7.58. The quantitative estimate of drug-likeness (QED) is 0.147. The van der Waals surface area contributed by atoms with Gasteiger partial charge in [0.25, 0.3) is 0 Å². The van der Waals surface area contributed by atoms with E-state index < -0.39 is 8.60 Å². The summed E-state index contributed by atoms with van der Waals surface area (Å²) in [6, 6.07) is 0. The molecule has 1 fully saturated rings. The van der Waals surface area contributed by atoms with E-state index >= 15 is 0 Å². The predicted octanol–water partition coefficient (Wildman–Crippen LogP) is 7.45. The summed E-state index contributed by atoms with van der Waals surface area (Å²) in [7, 11) is 0.380. The van der Waals surface area contributed by atoms with Crippen LogP contribution in [0.1, 0.15) is 77.6 Å². The van der Waals surface area contributed by atoms with Crippen LogP contribution < -0.4 is 0 Å². The third kappa shape index (κ3) is 12.0. The van der Waals surface area contributed by atoms with Crippen LogP contribution in [0.15, 0.2) is 0 Å². The molecule has 1 saturated heterocycles. The molecule has 1 rings (SSSR count). The van der Waals surface area contributed by atoms with E-state index in [1.807, 2.05) is 0 Å². The molecule has 3 nitrogen and oxygen atoms in total. The summed E-state index contributed by atoms with van der Waals surface area (Å²) in [4.78, 5) is 0. The lowest BCUT2D eigenvalue weighted by Crippen LogP contribution is -1.92. The molecular weight excluding hydrogens is 331 g/mol. The van der Waals surface area contributed by atoms with Gasteiger partial charge in [-0.1, -0.05) is 71.1 Å². The summed E-state index contributed by atoms with van der Waals surface area (Å²) in [5, 5.41) is 0. The second-order valence-corrected chi connectivity index (χ2v) is 9.70. The Hall–Kier alpha value is 1.36. The van der Waals surface area contributed by atoms with E-state index in [4.69, 9.17) is 12.5 Å². The van der Waals surface area contributed by atoms with Gasteiger partial charge in [0.15, 0.2) is 0 Å². The minimum Gasteiger partial charge on any atom is -0.311 e. The molecule has 0 radical (unpaired) electrons. The standard InChI is InChI=1S/C13H27O3PS3/c1-2-3-4-5-6-7-8-9-10-11-12-13-14-17-15-18-20-19-16-17/h2-13H2,1H3. The molecule has 7 heteroatoms. The van der Waals surface area contributed by atoms with Gasteiger partial charge in [0.05, 0.1) is 28.8 Å². The summed E-state index contributed by atoms with van der Waals surface area (Å²) < 4.78 is 16.0. The molecule has 0 N–H and O–H groups in total. The van der Waals surface area contributed by atoms with Gasteiger partial charge in [0.1, 0.15) is 0 Å². The van der Waals surface area contributed by atoms with Crippen molar-refractivity contribution in [2.24, 2.45) is 0 Å². The Morgan fingerprint density at radius 2 is 1.25 bits per heavy atom. The van der Waals surface area contributed by atoms with Crippen LogP contribution in [-0.4, -0.2) is 6.61 Å². The van der Waals surface area contributed by atoms with Crippen molar-refractivity contribution in [1.82, 2.24) is 0 Å². The summed E-state index contributed by atoms with van der Waals surface area (Å²) in [5.74, 6) is 0.